The van der Waals surface area contributed by atoms with Crippen LogP contribution < -0.4 is 11.1 Å². The van der Waals surface area contributed by atoms with Gasteiger partial charge >= 0.3 is 0 Å². The molecule has 1 heterocycles. The molecule has 1 aromatic carbocycles. The van der Waals surface area contributed by atoms with Gasteiger partial charge in [0.1, 0.15) is 0 Å². The maximum atomic E-state index is 11.9. The van der Waals surface area contributed by atoms with E-state index in [1.807, 2.05) is 48.9 Å². The first-order chi connectivity index (χ1) is 9.08. The molecule has 0 aliphatic carbocycles. The summed E-state index contributed by atoms with van der Waals surface area (Å²) >= 11 is 0. The van der Waals surface area contributed by atoms with Crippen LogP contribution in [0.4, 0.5) is 5.69 Å². The molecule has 0 saturated carbocycles. The van der Waals surface area contributed by atoms with E-state index in [0.717, 1.165) is 11.4 Å². The number of nitrogens with one attached hydrogen (secondary N) is 1. The van der Waals surface area contributed by atoms with E-state index >= 15 is 0 Å². The molecule has 0 unspecified atom stereocenters. The summed E-state index contributed by atoms with van der Waals surface area (Å²) in [6.45, 7) is 3.85. The number of carbonyl (C=O) groups is 1. The first kappa shape index (κ1) is 19.4. The van der Waals surface area contributed by atoms with Crippen molar-refractivity contribution in [3.8, 4) is 5.69 Å². The van der Waals surface area contributed by atoms with Crippen LogP contribution in [-0.2, 0) is 4.79 Å². The maximum Gasteiger partial charge on any atom is 0.241 e. The van der Waals surface area contributed by atoms with E-state index in [2.05, 4.69) is 10.3 Å². The SMILES string of the molecule is CC(C)[C@@H](N)C(=O)Nc1cccc(-n2ccnc2)c1.Cl.Cl. The Hall–Kier alpha value is -1.56. The number of amides is 1. The fraction of sp³-hybridized carbons (Fsp3) is 0.286. The van der Waals surface area contributed by atoms with Gasteiger partial charge in [0.15, 0.2) is 0 Å². The van der Waals surface area contributed by atoms with Gasteiger partial charge in [-0.25, -0.2) is 4.98 Å². The molecule has 0 radical (unpaired) electrons. The number of rotatable bonds is 4. The van der Waals surface area contributed by atoms with Crippen molar-refractivity contribution in [3.05, 3.63) is 43.0 Å². The van der Waals surface area contributed by atoms with Gasteiger partial charge in [0, 0.05) is 23.8 Å². The van der Waals surface area contributed by atoms with Crippen LogP contribution in [0.3, 0.4) is 0 Å². The van der Waals surface area contributed by atoms with Gasteiger partial charge in [-0.1, -0.05) is 19.9 Å². The zero-order chi connectivity index (χ0) is 13.8. The molecule has 2 aromatic rings. The van der Waals surface area contributed by atoms with Gasteiger partial charge in [-0.2, -0.15) is 0 Å². The number of aromatic nitrogens is 2. The summed E-state index contributed by atoms with van der Waals surface area (Å²) in [5, 5.41) is 2.83. The summed E-state index contributed by atoms with van der Waals surface area (Å²) in [6, 6.07) is 7.04. The van der Waals surface area contributed by atoms with Crippen molar-refractivity contribution in [1.82, 2.24) is 9.55 Å². The second-order valence-electron chi connectivity index (χ2n) is 4.78. The van der Waals surface area contributed by atoms with Gasteiger partial charge in [-0.05, 0) is 24.1 Å². The van der Waals surface area contributed by atoms with Gasteiger partial charge in [0.25, 0.3) is 0 Å². The number of hydrogen-bond donors (Lipinski definition) is 2. The normalized spacial score (nSPS) is 11.2. The third-order valence-corrected chi connectivity index (χ3v) is 2.94. The lowest BCUT2D eigenvalue weighted by Gasteiger charge is -2.15. The second kappa shape index (κ2) is 8.67. The monoisotopic (exact) mass is 330 g/mol. The molecular weight excluding hydrogens is 311 g/mol. The summed E-state index contributed by atoms with van der Waals surface area (Å²) in [7, 11) is 0. The maximum absolute atomic E-state index is 11.9. The summed E-state index contributed by atoms with van der Waals surface area (Å²) in [4.78, 5) is 15.9. The fourth-order valence-electron chi connectivity index (χ4n) is 1.68. The van der Waals surface area contributed by atoms with Crippen molar-refractivity contribution < 1.29 is 4.79 Å². The van der Waals surface area contributed by atoms with Gasteiger partial charge < -0.3 is 15.6 Å². The Bertz CT molecular complexity index is 558. The Labute approximate surface area is 136 Å². The number of benzene rings is 1. The molecule has 21 heavy (non-hydrogen) atoms. The van der Waals surface area contributed by atoms with E-state index in [9.17, 15) is 4.79 Å². The Balaban J connectivity index is 0.00000200. The average Bonchev–Trinajstić information content (AvgIpc) is 2.91. The summed E-state index contributed by atoms with van der Waals surface area (Å²) in [6.07, 6.45) is 5.27. The second-order valence-corrected chi connectivity index (χ2v) is 4.78. The van der Waals surface area contributed by atoms with Crippen LogP contribution >= 0.6 is 24.8 Å². The predicted octanol–water partition coefficient (Wildman–Crippen LogP) is 2.64. The van der Waals surface area contributed by atoms with Crippen LogP contribution in [0.2, 0.25) is 0 Å². The number of imidazole rings is 1. The third-order valence-electron chi connectivity index (χ3n) is 2.94. The Morgan fingerprint density at radius 1 is 1.33 bits per heavy atom. The molecule has 1 atom stereocenters. The minimum Gasteiger partial charge on any atom is -0.325 e. The van der Waals surface area contributed by atoms with E-state index in [0.29, 0.717) is 0 Å². The number of nitrogens with zero attached hydrogens (tertiary/aromatic N) is 2. The Morgan fingerprint density at radius 3 is 2.62 bits per heavy atom. The van der Waals surface area contributed by atoms with Crippen molar-refractivity contribution in [3.63, 3.8) is 0 Å². The number of halogens is 2. The Morgan fingerprint density at radius 2 is 2.05 bits per heavy atom. The lowest BCUT2D eigenvalue weighted by atomic mass is 10.0. The molecule has 0 aliphatic heterocycles. The standard InChI is InChI=1S/C14H18N4O.2ClH/c1-10(2)13(15)14(19)17-11-4-3-5-12(8-11)18-7-6-16-9-18;;/h3-10,13H,15H2,1-2H3,(H,17,19);2*1H/t13-;;/m1../s1. The molecule has 3 N–H and O–H groups in total. The highest BCUT2D eigenvalue weighted by Gasteiger charge is 2.17. The highest BCUT2D eigenvalue weighted by atomic mass is 35.5. The van der Waals surface area contributed by atoms with E-state index in [4.69, 9.17) is 5.73 Å². The van der Waals surface area contributed by atoms with Crippen LogP contribution in [0.5, 0.6) is 0 Å². The molecule has 0 aliphatic rings. The molecule has 2 rings (SSSR count). The smallest absolute Gasteiger partial charge is 0.241 e. The van der Waals surface area contributed by atoms with Gasteiger partial charge in [0.05, 0.1) is 12.4 Å². The Kier molecular flexibility index (Phi) is 8.02. The van der Waals surface area contributed by atoms with E-state index in [1.165, 1.54) is 0 Å². The van der Waals surface area contributed by atoms with Crippen LogP contribution in [0.15, 0.2) is 43.0 Å². The van der Waals surface area contributed by atoms with Crippen molar-refractivity contribution >= 4 is 36.4 Å². The molecular formula is C14H20Cl2N4O. The molecule has 0 bridgehead atoms. The van der Waals surface area contributed by atoms with Crippen molar-refractivity contribution in [2.75, 3.05) is 5.32 Å². The van der Waals surface area contributed by atoms with Crippen LogP contribution in [0, 0.1) is 5.92 Å². The molecule has 1 amide bonds. The van der Waals surface area contributed by atoms with E-state index in [1.54, 1.807) is 12.5 Å². The zero-order valence-corrected chi connectivity index (χ0v) is 13.5. The third kappa shape index (κ3) is 5.04. The zero-order valence-electron chi connectivity index (χ0n) is 11.9. The van der Waals surface area contributed by atoms with Gasteiger partial charge in [-0.15, -0.1) is 24.8 Å². The topological polar surface area (TPSA) is 72.9 Å². The lowest BCUT2D eigenvalue weighted by Crippen LogP contribution is -2.39. The summed E-state index contributed by atoms with van der Waals surface area (Å²) in [5.74, 6) is -0.0605. The molecule has 0 spiro atoms. The molecule has 1 aromatic heterocycles. The van der Waals surface area contributed by atoms with Gasteiger partial charge in [-0.3, -0.25) is 4.79 Å². The highest BCUT2D eigenvalue weighted by Crippen LogP contribution is 2.15. The number of nitrogens with two attached hydrogens (primary N) is 1. The number of hydrogen-bond acceptors (Lipinski definition) is 3. The first-order valence-corrected chi connectivity index (χ1v) is 6.23. The van der Waals surface area contributed by atoms with Crippen molar-refractivity contribution in [1.29, 1.82) is 0 Å². The molecule has 5 nitrogen and oxygen atoms in total. The molecule has 0 saturated heterocycles. The van der Waals surface area contributed by atoms with Crippen molar-refractivity contribution in [2.45, 2.75) is 19.9 Å². The minimum absolute atomic E-state index is 0. The van der Waals surface area contributed by atoms with Gasteiger partial charge in [0.2, 0.25) is 5.91 Å². The lowest BCUT2D eigenvalue weighted by molar-refractivity contribution is -0.118. The first-order valence-electron chi connectivity index (χ1n) is 6.23. The largest absolute Gasteiger partial charge is 0.325 e. The summed E-state index contributed by atoms with van der Waals surface area (Å²) < 4.78 is 1.87. The average molecular weight is 331 g/mol. The van der Waals surface area contributed by atoms with Crippen LogP contribution in [0.25, 0.3) is 5.69 Å². The minimum atomic E-state index is -0.503. The van der Waals surface area contributed by atoms with Crippen molar-refractivity contribution in [2.24, 2.45) is 11.7 Å². The van der Waals surface area contributed by atoms with E-state index in [-0.39, 0.29) is 36.6 Å². The summed E-state index contributed by atoms with van der Waals surface area (Å²) in [5.41, 5.74) is 7.48. The molecule has 0 fully saturated rings. The van der Waals surface area contributed by atoms with E-state index < -0.39 is 6.04 Å². The number of carbonyl (C=O) groups excluding carboxylic acids is 1. The van der Waals surface area contributed by atoms with Crippen LogP contribution in [-0.4, -0.2) is 21.5 Å². The highest BCUT2D eigenvalue weighted by molar-refractivity contribution is 5.95. The quantitative estimate of drug-likeness (QED) is 0.905. The number of anilines is 1. The predicted molar refractivity (Wildman–Crippen MR) is 89.5 cm³/mol. The van der Waals surface area contributed by atoms with Crippen LogP contribution in [0.1, 0.15) is 13.8 Å². The molecule has 116 valence electrons. The molecule has 7 heteroatoms. The fourth-order valence-corrected chi connectivity index (χ4v) is 1.68.